The van der Waals surface area contributed by atoms with E-state index in [1.165, 1.54) is 44.1 Å². The van der Waals surface area contributed by atoms with Gasteiger partial charge in [0, 0.05) is 24.2 Å². The van der Waals surface area contributed by atoms with Crippen LogP contribution in [0.3, 0.4) is 0 Å². The summed E-state index contributed by atoms with van der Waals surface area (Å²) in [6.45, 7) is 1.62. The average molecular weight is 343 g/mol. The summed E-state index contributed by atoms with van der Waals surface area (Å²) in [5.41, 5.74) is 4.13. The molecule has 1 aromatic carbocycles. The Labute approximate surface area is 153 Å². The van der Waals surface area contributed by atoms with E-state index in [4.69, 9.17) is 0 Å². The first-order valence-electron chi connectivity index (χ1n) is 9.99. The number of phenols is 1. The van der Waals surface area contributed by atoms with Crippen molar-refractivity contribution in [3.8, 4) is 5.75 Å². The molecule has 4 aliphatic carbocycles. The standard InChI is InChI=1S/C22H34N2O/c1-23(2)13-18-8-20(9-19(21(18)25)14-24(3)4)22-10-15-5-16(11-22)7-17(6-15)12-22/h8-9,15-17,25H,5-7,10-14H2,1-4H3. The fourth-order valence-corrected chi connectivity index (χ4v) is 6.45. The average Bonchev–Trinajstić information content (AvgIpc) is 2.48. The summed E-state index contributed by atoms with van der Waals surface area (Å²) in [5, 5.41) is 10.8. The topological polar surface area (TPSA) is 26.7 Å². The van der Waals surface area contributed by atoms with Crippen LogP contribution in [0.2, 0.25) is 0 Å². The highest BCUT2D eigenvalue weighted by Gasteiger charge is 2.51. The van der Waals surface area contributed by atoms with Crippen molar-refractivity contribution >= 4 is 0 Å². The normalized spacial score (nSPS) is 33.6. The molecule has 0 unspecified atom stereocenters. The van der Waals surface area contributed by atoms with E-state index in [0.29, 0.717) is 11.2 Å². The van der Waals surface area contributed by atoms with E-state index < -0.39 is 0 Å². The Bertz CT molecular complexity index is 583. The predicted molar refractivity (Wildman–Crippen MR) is 103 cm³/mol. The van der Waals surface area contributed by atoms with Crippen LogP contribution in [0, 0.1) is 17.8 Å². The van der Waals surface area contributed by atoms with E-state index in [-0.39, 0.29) is 0 Å². The van der Waals surface area contributed by atoms with E-state index in [1.807, 2.05) is 0 Å². The Hall–Kier alpha value is -1.06. The quantitative estimate of drug-likeness (QED) is 0.877. The van der Waals surface area contributed by atoms with E-state index in [0.717, 1.165) is 42.0 Å². The van der Waals surface area contributed by atoms with Crippen molar-refractivity contribution in [3.05, 3.63) is 28.8 Å². The third kappa shape index (κ3) is 3.21. The molecule has 3 heteroatoms. The third-order valence-corrected chi connectivity index (χ3v) is 6.89. The lowest BCUT2D eigenvalue weighted by atomic mass is 9.48. The third-order valence-electron chi connectivity index (χ3n) is 6.89. The molecule has 25 heavy (non-hydrogen) atoms. The van der Waals surface area contributed by atoms with Crippen molar-refractivity contribution in [2.24, 2.45) is 17.8 Å². The molecule has 5 rings (SSSR count). The highest BCUT2D eigenvalue weighted by Crippen LogP contribution is 2.61. The molecule has 0 atom stereocenters. The molecule has 0 saturated heterocycles. The van der Waals surface area contributed by atoms with Gasteiger partial charge in [-0.05, 0) is 95.4 Å². The Morgan fingerprint density at radius 2 is 1.24 bits per heavy atom. The molecule has 4 fully saturated rings. The number of aromatic hydroxyl groups is 1. The summed E-state index contributed by atoms with van der Waals surface area (Å²) in [5.74, 6) is 3.37. The molecule has 0 aliphatic heterocycles. The zero-order valence-corrected chi connectivity index (χ0v) is 16.4. The highest BCUT2D eigenvalue weighted by atomic mass is 16.3. The molecule has 0 heterocycles. The maximum Gasteiger partial charge on any atom is 0.124 e. The first-order valence-corrected chi connectivity index (χ1v) is 9.99. The zero-order valence-electron chi connectivity index (χ0n) is 16.4. The second-order valence-corrected chi connectivity index (χ2v) is 9.82. The lowest BCUT2D eigenvalue weighted by Gasteiger charge is -2.57. The summed E-state index contributed by atoms with van der Waals surface area (Å²) in [4.78, 5) is 4.33. The summed E-state index contributed by atoms with van der Waals surface area (Å²) >= 11 is 0. The molecule has 0 aromatic heterocycles. The van der Waals surface area contributed by atoms with Crippen LogP contribution < -0.4 is 0 Å². The van der Waals surface area contributed by atoms with E-state index in [1.54, 1.807) is 0 Å². The second-order valence-electron chi connectivity index (χ2n) is 9.82. The van der Waals surface area contributed by atoms with Gasteiger partial charge in [0.25, 0.3) is 0 Å². The second kappa shape index (κ2) is 6.28. The Morgan fingerprint density at radius 1 is 0.840 bits per heavy atom. The van der Waals surface area contributed by atoms with Gasteiger partial charge >= 0.3 is 0 Å². The largest absolute Gasteiger partial charge is 0.507 e. The first kappa shape index (κ1) is 17.4. The number of nitrogens with zero attached hydrogens (tertiary/aromatic N) is 2. The number of hydrogen-bond acceptors (Lipinski definition) is 3. The fourth-order valence-electron chi connectivity index (χ4n) is 6.45. The molecule has 4 saturated carbocycles. The number of benzene rings is 1. The van der Waals surface area contributed by atoms with Gasteiger partial charge in [0.05, 0.1) is 0 Å². The predicted octanol–water partition coefficient (Wildman–Crippen LogP) is 3.98. The van der Waals surface area contributed by atoms with Crippen LogP contribution in [0.15, 0.2) is 12.1 Å². The Morgan fingerprint density at radius 3 is 1.60 bits per heavy atom. The molecule has 1 aromatic rings. The van der Waals surface area contributed by atoms with Crippen LogP contribution in [0.1, 0.15) is 55.2 Å². The van der Waals surface area contributed by atoms with Crippen molar-refractivity contribution in [2.75, 3.05) is 28.2 Å². The van der Waals surface area contributed by atoms with Crippen molar-refractivity contribution in [2.45, 2.75) is 57.0 Å². The maximum atomic E-state index is 10.8. The molecule has 4 aliphatic rings. The van der Waals surface area contributed by atoms with Crippen LogP contribution in [-0.4, -0.2) is 43.1 Å². The van der Waals surface area contributed by atoms with Gasteiger partial charge in [-0.3, -0.25) is 0 Å². The van der Waals surface area contributed by atoms with Crippen LogP contribution in [0.5, 0.6) is 5.75 Å². The molecule has 138 valence electrons. The van der Waals surface area contributed by atoms with Gasteiger partial charge in [0.15, 0.2) is 0 Å². The summed E-state index contributed by atoms with van der Waals surface area (Å²) in [7, 11) is 8.34. The first-order chi connectivity index (χ1) is 11.8. The van der Waals surface area contributed by atoms with Crippen molar-refractivity contribution in [3.63, 3.8) is 0 Å². The summed E-state index contributed by atoms with van der Waals surface area (Å²) in [6, 6.07) is 4.70. The summed E-state index contributed by atoms with van der Waals surface area (Å²) < 4.78 is 0. The van der Waals surface area contributed by atoms with Crippen molar-refractivity contribution < 1.29 is 5.11 Å². The van der Waals surface area contributed by atoms with Crippen LogP contribution in [0.4, 0.5) is 0 Å². The fraction of sp³-hybridized carbons (Fsp3) is 0.727. The van der Waals surface area contributed by atoms with Gasteiger partial charge in [0.2, 0.25) is 0 Å². The lowest BCUT2D eigenvalue weighted by Crippen LogP contribution is -2.48. The van der Waals surface area contributed by atoms with E-state index in [2.05, 4.69) is 50.1 Å². The van der Waals surface area contributed by atoms with Gasteiger partial charge < -0.3 is 14.9 Å². The lowest BCUT2D eigenvalue weighted by molar-refractivity contribution is -0.00530. The number of hydrogen-bond donors (Lipinski definition) is 1. The van der Waals surface area contributed by atoms with Crippen LogP contribution in [-0.2, 0) is 18.5 Å². The molecule has 0 spiro atoms. The smallest absolute Gasteiger partial charge is 0.124 e. The van der Waals surface area contributed by atoms with Gasteiger partial charge in [-0.2, -0.15) is 0 Å². The zero-order chi connectivity index (χ0) is 17.8. The number of phenolic OH excluding ortho intramolecular Hbond substituents is 1. The summed E-state index contributed by atoms with van der Waals surface area (Å²) in [6.07, 6.45) is 8.58. The van der Waals surface area contributed by atoms with Gasteiger partial charge in [-0.15, -0.1) is 0 Å². The van der Waals surface area contributed by atoms with Crippen LogP contribution >= 0.6 is 0 Å². The van der Waals surface area contributed by atoms with Gasteiger partial charge in [-0.1, -0.05) is 12.1 Å². The van der Waals surface area contributed by atoms with E-state index >= 15 is 0 Å². The molecule has 3 nitrogen and oxygen atoms in total. The minimum Gasteiger partial charge on any atom is -0.507 e. The number of rotatable bonds is 5. The van der Waals surface area contributed by atoms with Crippen molar-refractivity contribution in [1.82, 2.24) is 9.80 Å². The molecular formula is C22H34N2O. The van der Waals surface area contributed by atoms with Gasteiger partial charge in [-0.25, -0.2) is 0 Å². The van der Waals surface area contributed by atoms with Crippen LogP contribution in [0.25, 0.3) is 0 Å². The molecule has 1 N–H and O–H groups in total. The molecule has 0 radical (unpaired) electrons. The monoisotopic (exact) mass is 342 g/mol. The SMILES string of the molecule is CN(C)Cc1cc(C23CC4CC(CC(C4)C2)C3)cc(CN(C)C)c1O. The molecule has 0 amide bonds. The maximum absolute atomic E-state index is 10.8. The molecule has 4 bridgehead atoms. The minimum atomic E-state index is 0.393. The van der Waals surface area contributed by atoms with E-state index in [9.17, 15) is 5.11 Å². The van der Waals surface area contributed by atoms with Gasteiger partial charge in [0.1, 0.15) is 5.75 Å². The highest BCUT2D eigenvalue weighted by molar-refractivity contribution is 5.47. The molecular weight excluding hydrogens is 308 g/mol. The van der Waals surface area contributed by atoms with Crippen molar-refractivity contribution in [1.29, 1.82) is 0 Å². The Balaban J connectivity index is 1.75. The Kier molecular flexibility index (Phi) is 4.36. The minimum absolute atomic E-state index is 0.393.